The molecule has 2 aromatic rings. The van der Waals surface area contributed by atoms with Crippen LogP contribution < -0.4 is 0 Å². The molecule has 2 rings (SSSR count). The minimum atomic E-state index is -0.360. The summed E-state index contributed by atoms with van der Waals surface area (Å²) in [5.41, 5.74) is -0.0622. The van der Waals surface area contributed by atoms with Crippen LogP contribution in [0.4, 0.5) is 4.39 Å². The lowest BCUT2D eigenvalue weighted by atomic mass is 9.88. The van der Waals surface area contributed by atoms with E-state index in [4.69, 9.17) is 4.42 Å². The third-order valence-corrected chi connectivity index (χ3v) is 2.98. The van der Waals surface area contributed by atoms with E-state index in [1.165, 1.54) is 6.07 Å². The quantitative estimate of drug-likeness (QED) is 0.817. The molecule has 0 unspecified atom stereocenters. The molecule has 0 saturated heterocycles. The lowest BCUT2D eigenvalue weighted by molar-refractivity contribution is -0.126. The van der Waals surface area contributed by atoms with E-state index < -0.39 is 0 Å². The summed E-state index contributed by atoms with van der Waals surface area (Å²) in [6.45, 7) is 5.69. The molecule has 0 saturated carbocycles. The lowest BCUT2D eigenvalue weighted by Crippen LogP contribution is -2.20. The Morgan fingerprint density at radius 3 is 2.67 bits per heavy atom. The van der Waals surface area contributed by atoms with Gasteiger partial charge in [-0.15, -0.1) is 0 Å². The molecule has 0 radical (unpaired) electrons. The number of halogens is 1. The van der Waals surface area contributed by atoms with Crippen LogP contribution in [-0.2, 0) is 11.2 Å². The van der Waals surface area contributed by atoms with Crippen LogP contribution in [0.25, 0.3) is 11.0 Å². The van der Waals surface area contributed by atoms with Gasteiger partial charge in [-0.1, -0.05) is 32.9 Å². The van der Waals surface area contributed by atoms with Crippen molar-refractivity contribution in [2.75, 3.05) is 0 Å². The summed E-state index contributed by atoms with van der Waals surface area (Å²) >= 11 is 0. The van der Waals surface area contributed by atoms with Gasteiger partial charge in [0, 0.05) is 23.6 Å². The van der Waals surface area contributed by atoms with Gasteiger partial charge >= 0.3 is 0 Å². The van der Waals surface area contributed by atoms with Gasteiger partial charge in [-0.3, -0.25) is 4.79 Å². The maximum absolute atomic E-state index is 13.4. The number of Topliss-reactive ketones (excluding diaryl/α,β-unsaturated/α-hetero) is 1. The van der Waals surface area contributed by atoms with Gasteiger partial charge in [0.15, 0.2) is 11.4 Å². The Labute approximate surface area is 106 Å². The summed E-state index contributed by atoms with van der Waals surface area (Å²) in [4.78, 5) is 11.8. The zero-order valence-electron chi connectivity index (χ0n) is 10.9. The van der Waals surface area contributed by atoms with Gasteiger partial charge in [-0.2, -0.15) is 0 Å². The molecule has 2 nitrogen and oxygen atoms in total. The van der Waals surface area contributed by atoms with Gasteiger partial charge in [-0.25, -0.2) is 4.39 Å². The maximum Gasteiger partial charge on any atom is 0.169 e. The van der Waals surface area contributed by atoms with Crippen molar-refractivity contribution >= 4 is 16.8 Å². The van der Waals surface area contributed by atoms with Gasteiger partial charge < -0.3 is 4.42 Å². The van der Waals surface area contributed by atoms with Crippen LogP contribution in [0.2, 0.25) is 0 Å². The Balaban J connectivity index is 2.14. The summed E-state index contributed by atoms with van der Waals surface area (Å²) in [6, 6.07) is 6.62. The predicted molar refractivity (Wildman–Crippen MR) is 69.0 cm³/mol. The van der Waals surface area contributed by atoms with Crippen LogP contribution in [0.5, 0.6) is 0 Å². The summed E-state index contributed by atoms with van der Waals surface area (Å²) in [7, 11) is 0. The zero-order chi connectivity index (χ0) is 13.3. The smallest absolute Gasteiger partial charge is 0.169 e. The number of carbonyl (C=O) groups is 1. The fourth-order valence-electron chi connectivity index (χ4n) is 1.82. The van der Waals surface area contributed by atoms with Crippen LogP contribution in [-0.4, -0.2) is 5.78 Å². The molecule has 1 heterocycles. The van der Waals surface area contributed by atoms with Gasteiger partial charge in [0.2, 0.25) is 0 Å². The molecule has 1 aromatic heterocycles. The highest BCUT2D eigenvalue weighted by Gasteiger charge is 2.21. The predicted octanol–water partition coefficient (Wildman–Crippen LogP) is 4.12. The molecule has 0 aliphatic heterocycles. The topological polar surface area (TPSA) is 30.2 Å². The van der Waals surface area contributed by atoms with Crippen molar-refractivity contribution < 1.29 is 13.6 Å². The Morgan fingerprint density at radius 2 is 2.06 bits per heavy atom. The molecule has 0 amide bonds. The molecule has 96 valence electrons. The highest BCUT2D eigenvalue weighted by Crippen LogP contribution is 2.24. The van der Waals surface area contributed by atoms with Gasteiger partial charge in [0.1, 0.15) is 11.5 Å². The number of ketones is 1. The third kappa shape index (κ3) is 2.61. The Bertz CT molecular complexity index is 576. The number of carbonyl (C=O) groups excluding carboxylic acids is 1. The minimum absolute atomic E-state index is 0.184. The summed E-state index contributed by atoms with van der Waals surface area (Å²) in [5, 5.41) is 0.744. The van der Waals surface area contributed by atoms with E-state index in [2.05, 4.69) is 0 Å². The third-order valence-electron chi connectivity index (χ3n) is 2.98. The average Bonchev–Trinajstić information content (AvgIpc) is 2.69. The molecule has 0 N–H and O–H groups in total. The van der Waals surface area contributed by atoms with Crippen molar-refractivity contribution in [3.8, 4) is 0 Å². The summed E-state index contributed by atoms with van der Waals surface area (Å²) in [6.07, 6.45) is 0.940. The molecular weight excluding hydrogens is 231 g/mol. The van der Waals surface area contributed by atoms with Gasteiger partial charge in [-0.05, 0) is 12.1 Å². The number of aryl methyl sites for hydroxylation is 1. The molecular formula is C15H17FO2. The second kappa shape index (κ2) is 4.56. The Morgan fingerprint density at radius 1 is 1.33 bits per heavy atom. The number of para-hydroxylation sites is 1. The minimum Gasteiger partial charge on any atom is -0.458 e. The first-order valence-electron chi connectivity index (χ1n) is 6.08. The van der Waals surface area contributed by atoms with Crippen LogP contribution in [0.3, 0.4) is 0 Å². The number of rotatable bonds is 3. The zero-order valence-corrected chi connectivity index (χ0v) is 10.9. The molecule has 0 bridgehead atoms. The molecule has 0 fully saturated rings. The maximum atomic E-state index is 13.4. The van der Waals surface area contributed by atoms with Gasteiger partial charge in [0.05, 0.1) is 0 Å². The Hall–Kier alpha value is -1.64. The van der Waals surface area contributed by atoms with E-state index in [-0.39, 0.29) is 22.6 Å². The fraction of sp³-hybridized carbons (Fsp3) is 0.400. The molecule has 0 spiro atoms. The van der Waals surface area contributed by atoms with E-state index >= 15 is 0 Å². The largest absolute Gasteiger partial charge is 0.458 e. The number of hydrogen-bond donors (Lipinski definition) is 0. The highest BCUT2D eigenvalue weighted by molar-refractivity contribution is 5.84. The van der Waals surface area contributed by atoms with E-state index in [0.717, 1.165) is 5.39 Å². The molecule has 3 heteroatoms. The first kappa shape index (κ1) is 12.8. The van der Waals surface area contributed by atoms with Gasteiger partial charge in [0.25, 0.3) is 0 Å². The SMILES string of the molecule is CC(C)(C)C(=O)CCc1cc2cccc(F)c2o1. The average molecular weight is 248 g/mol. The second-order valence-electron chi connectivity index (χ2n) is 5.54. The van der Waals surface area contributed by atoms with Crippen LogP contribution in [0.1, 0.15) is 33.0 Å². The van der Waals surface area contributed by atoms with Crippen molar-refractivity contribution in [1.82, 2.24) is 0 Å². The standard InChI is InChI=1S/C15H17FO2/c1-15(2,3)13(17)8-7-11-9-10-5-4-6-12(16)14(10)18-11/h4-6,9H,7-8H2,1-3H3. The summed E-state index contributed by atoms with van der Waals surface area (Å²) in [5.74, 6) is 0.483. The van der Waals surface area contributed by atoms with E-state index in [1.807, 2.05) is 20.8 Å². The second-order valence-corrected chi connectivity index (χ2v) is 5.54. The van der Waals surface area contributed by atoms with Crippen molar-refractivity contribution in [1.29, 1.82) is 0 Å². The van der Waals surface area contributed by atoms with Crippen molar-refractivity contribution in [3.63, 3.8) is 0 Å². The molecule has 0 aliphatic carbocycles. The number of furan rings is 1. The molecule has 0 aliphatic rings. The first-order chi connectivity index (χ1) is 8.38. The van der Waals surface area contributed by atoms with E-state index in [9.17, 15) is 9.18 Å². The monoisotopic (exact) mass is 248 g/mol. The fourth-order valence-corrected chi connectivity index (χ4v) is 1.82. The number of benzene rings is 1. The molecule has 1 aromatic carbocycles. The van der Waals surface area contributed by atoms with Crippen molar-refractivity contribution in [2.24, 2.45) is 5.41 Å². The van der Waals surface area contributed by atoms with E-state index in [1.54, 1.807) is 18.2 Å². The highest BCUT2D eigenvalue weighted by atomic mass is 19.1. The number of hydrogen-bond acceptors (Lipinski definition) is 2. The number of fused-ring (bicyclic) bond motifs is 1. The lowest BCUT2D eigenvalue weighted by Gasteiger charge is -2.15. The molecule has 18 heavy (non-hydrogen) atoms. The summed E-state index contributed by atoms with van der Waals surface area (Å²) < 4.78 is 18.9. The van der Waals surface area contributed by atoms with Crippen LogP contribution >= 0.6 is 0 Å². The van der Waals surface area contributed by atoms with E-state index in [0.29, 0.717) is 18.6 Å². The van der Waals surface area contributed by atoms with Crippen LogP contribution in [0, 0.1) is 11.2 Å². The van der Waals surface area contributed by atoms with Crippen LogP contribution in [0.15, 0.2) is 28.7 Å². The molecule has 0 atom stereocenters. The van der Waals surface area contributed by atoms with Crippen molar-refractivity contribution in [2.45, 2.75) is 33.6 Å². The van der Waals surface area contributed by atoms with Crippen molar-refractivity contribution in [3.05, 3.63) is 35.8 Å². The first-order valence-corrected chi connectivity index (χ1v) is 6.08. The Kier molecular flexibility index (Phi) is 3.24. The normalized spacial score (nSPS) is 12.0.